The lowest BCUT2D eigenvalue weighted by Crippen LogP contribution is -2.04. The van der Waals surface area contributed by atoms with Crippen LogP contribution in [-0.2, 0) is 0 Å². The highest BCUT2D eigenvalue weighted by Gasteiger charge is 2.12. The maximum absolute atomic E-state index is 12.9. The van der Waals surface area contributed by atoms with Gasteiger partial charge in [0.05, 0.1) is 0 Å². The zero-order chi connectivity index (χ0) is 9.07. The fourth-order valence-corrected chi connectivity index (χ4v) is 0.825. The molecule has 0 amide bonds. The second-order valence-corrected chi connectivity index (χ2v) is 4.17. The van der Waals surface area contributed by atoms with Crippen LogP contribution < -0.4 is 0 Å². The Kier molecular flexibility index (Phi) is 3.50. The normalized spacial score (nSPS) is 13.4. The van der Waals surface area contributed by atoms with Crippen LogP contribution in [0.5, 0.6) is 0 Å². The molecule has 0 nitrogen and oxygen atoms in total. The zero-order valence-corrected chi connectivity index (χ0v) is 7.87. The fraction of sp³-hybridized carbons (Fsp3) is 0.600. The molecule has 0 saturated heterocycles. The van der Waals surface area contributed by atoms with Crippen molar-refractivity contribution in [2.45, 2.75) is 34.1 Å². The summed E-state index contributed by atoms with van der Waals surface area (Å²) in [5.41, 5.74) is 0.794. The molecule has 0 saturated carbocycles. The summed E-state index contributed by atoms with van der Waals surface area (Å²) in [5.74, 6) is -0.0787. The second-order valence-electron chi connectivity index (χ2n) is 4.17. The van der Waals surface area contributed by atoms with Gasteiger partial charge in [0.15, 0.2) is 0 Å². The fourth-order valence-electron chi connectivity index (χ4n) is 0.825. The zero-order valence-electron chi connectivity index (χ0n) is 7.87. The van der Waals surface area contributed by atoms with E-state index in [-0.39, 0.29) is 11.2 Å². The lowest BCUT2D eigenvalue weighted by Gasteiger charge is -2.16. The van der Waals surface area contributed by atoms with E-state index in [1.807, 2.05) is 20.8 Å². The number of allylic oxidation sites excluding steroid dienone is 3. The molecule has 0 N–H and O–H groups in total. The maximum atomic E-state index is 12.9. The summed E-state index contributed by atoms with van der Waals surface area (Å²) in [5, 5.41) is 0. The molecule has 0 radical (unpaired) electrons. The minimum atomic E-state index is -0.0787. The van der Waals surface area contributed by atoms with Crippen LogP contribution in [0.4, 0.5) is 4.39 Å². The van der Waals surface area contributed by atoms with Crippen molar-refractivity contribution >= 4 is 0 Å². The predicted molar refractivity (Wildman–Crippen MR) is 48.1 cm³/mol. The molecule has 0 aliphatic carbocycles. The van der Waals surface area contributed by atoms with Crippen molar-refractivity contribution in [3.63, 3.8) is 0 Å². The van der Waals surface area contributed by atoms with Crippen LogP contribution in [0.25, 0.3) is 0 Å². The van der Waals surface area contributed by atoms with Gasteiger partial charge in [-0.25, -0.2) is 4.39 Å². The van der Waals surface area contributed by atoms with Crippen LogP contribution in [0.3, 0.4) is 0 Å². The minimum Gasteiger partial charge on any atom is -0.212 e. The smallest absolute Gasteiger partial charge is 0.101 e. The number of hydrogen-bond donors (Lipinski definition) is 0. The Morgan fingerprint density at radius 2 is 1.91 bits per heavy atom. The third kappa shape index (κ3) is 7.31. The summed E-state index contributed by atoms with van der Waals surface area (Å²) >= 11 is 0. The molecule has 0 bridgehead atoms. The first-order valence-electron chi connectivity index (χ1n) is 3.83. The van der Waals surface area contributed by atoms with Crippen molar-refractivity contribution in [1.82, 2.24) is 0 Å². The van der Waals surface area contributed by atoms with E-state index >= 15 is 0 Å². The van der Waals surface area contributed by atoms with Crippen molar-refractivity contribution in [2.24, 2.45) is 5.41 Å². The molecular formula is C10H17F. The van der Waals surface area contributed by atoms with Crippen LogP contribution >= 0.6 is 0 Å². The Morgan fingerprint density at radius 1 is 1.45 bits per heavy atom. The Bertz CT molecular complexity index is 170. The minimum absolute atomic E-state index is 0.0238. The van der Waals surface area contributed by atoms with Crippen LogP contribution in [0, 0.1) is 5.41 Å². The van der Waals surface area contributed by atoms with Gasteiger partial charge in [-0.05, 0) is 18.4 Å². The van der Waals surface area contributed by atoms with Gasteiger partial charge in [0, 0.05) is 6.42 Å². The number of rotatable bonds is 2. The highest BCUT2D eigenvalue weighted by atomic mass is 19.1. The quantitative estimate of drug-likeness (QED) is 0.533. The van der Waals surface area contributed by atoms with E-state index in [0.717, 1.165) is 5.57 Å². The van der Waals surface area contributed by atoms with Gasteiger partial charge >= 0.3 is 0 Å². The Balaban J connectivity index is 4.07. The summed E-state index contributed by atoms with van der Waals surface area (Å²) in [6.07, 6.45) is 1.98. The Morgan fingerprint density at radius 3 is 2.18 bits per heavy atom. The second kappa shape index (κ2) is 3.70. The van der Waals surface area contributed by atoms with Gasteiger partial charge in [-0.15, -0.1) is 0 Å². The first kappa shape index (κ1) is 10.4. The number of halogens is 1. The van der Waals surface area contributed by atoms with Crippen molar-refractivity contribution in [1.29, 1.82) is 0 Å². The molecule has 0 fully saturated rings. The molecule has 0 atom stereocenters. The van der Waals surface area contributed by atoms with E-state index in [9.17, 15) is 4.39 Å². The standard InChI is InChI=1S/C10H17F/c1-8(2)6-9(11)7-10(3,4)5/h6H,1,7H2,2-5H3/b9-6+. The molecule has 0 aromatic rings. The Hall–Kier alpha value is -0.590. The van der Waals surface area contributed by atoms with Crippen LogP contribution in [0.1, 0.15) is 34.1 Å². The molecule has 0 aliphatic heterocycles. The van der Waals surface area contributed by atoms with E-state index in [1.54, 1.807) is 6.92 Å². The largest absolute Gasteiger partial charge is 0.212 e. The molecule has 0 rings (SSSR count). The molecule has 0 aromatic carbocycles. The maximum Gasteiger partial charge on any atom is 0.101 e. The van der Waals surface area contributed by atoms with E-state index < -0.39 is 0 Å². The third-order valence-electron chi connectivity index (χ3n) is 1.10. The average Bonchev–Trinajstić information content (AvgIpc) is 1.53. The SMILES string of the molecule is C=C(C)/C=C(/F)CC(C)(C)C. The highest BCUT2D eigenvalue weighted by Crippen LogP contribution is 2.24. The van der Waals surface area contributed by atoms with Gasteiger partial charge < -0.3 is 0 Å². The van der Waals surface area contributed by atoms with Crippen LogP contribution in [0.15, 0.2) is 24.1 Å². The molecule has 0 heterocycles. The van der Waals surface area contributed by atoms with E-state index in [2.05, 4.69) is 6.58 Å². The lowest BCUT2D eigenvalue weighted by atomic mass is 9.91. The van der Waals surface area contributed by atoms with Gasteiger partial charge in [-0.1, -0.05) is 32.9 Å². The van der Waals surface area contributed by atoms with Crippen molar-refractivity contribution in [3.8, 4) is 0 Å². The van der Waals surface area contributed by atoms with Gasteiger partial charge in [-0.2, -0.15) is 0 Å². The molecule has 0 unspecified atom stereocenters. The third-order valence-corrected chi connectivity index (χ3v) is 1.10. The van der Waals surface area contributed by atoms with Gasteiger partial charge in [0.25, 0.3) is 0 Å². The highest BCUT2D eigenvalue weighted by molar-refractivity contribution is 5.15. The van der Waals surface area contributed by atoms with Crippen LogP contribution in [0.2, 0.25) is 0 Å². The van der Waals surface area contributed by atoms with E-state index in [1.165, 1.54) is 6.08 Å². The van der Waals surface area contributed by atoms with Crippen LogP contribution in [-0.4, -0.2) is 0 Å². The first-order chi connectivity index (χ1) is 4.81. The molecular weight excluding hydrogens is 139 g/mol. The first-order valence-corrected chi connectivity index (χ1v) is 3.83. The van der Waals surface area contributed by atoms with Crippen molar-refractivity contribution in [3.05, 3.63) is 24.1 Å². The van der Waals surface area contributed by atoms with Crippen molar-refractivity contribution < 1.29 is 4.39 Å². The summed E-state index contributed by atoms with van der Waals surface area (Å²) in [6, 6.07) is 0. The predicted octanol–water partition coefficient (Wildman–Crippen LogP) is 3.85. The van der Waals surface area contributed by atoms with Gasteiger partial charge in [-0.3, -0.25) is 0 Å². The topological polar surface area (TPSA) is 0 Å². The van der Waals surface area contributed by atoms with Gasteiger partial charge in [0.1, 0.15) is 5.83 Å². The molecule has 11 heavy (non-hydrogen) atoms. The summed E-state index contributed by atoms with van der Waals surface area (Å²) in [7, 11) is 0. The monoisotopic (exact) mass is 156 g/mol. The molecule has 1 heteroatoms. The van der Waals surface area contributed by atoms with E-state index in [0.29, 0.717) is 6.42 Å². The molecule has 64 valence electrons. The molecule has 0 aliphatic rings. The lowest BCUT2D eigenvalue weighted by molar-refractivity contribution is 0.370. The summed E-state index contributed by atoms with van der Waals surface area (Å²) in [4.78, 5) is 0. The Labute approximate surface area is 68.8 Å². The average molecular weight is 156 g/mol. The molecule has 0 aromatic heterocycles. The summed E-state index contributed by atoms with van der Waals surface area (Å²) in [6.45, 7) is 11.4. The van der Waals surface area contributed by atoms with Gasteiger partial charge in [0.2, 0.25) is 0 Å². The summed E-state index contributed by atoms with van der Waals surface area (Å²) < 4.78 is 12.9. The number of hydrogen-bond acceptors (Lipinski definition) is 0. The molecule has 0 spiro atoms. The van der Waals surface area contributed by atoms with E-state index in [4.69, 9.17) is 0 Å². The van der Waals surface area contributed by atoms with Crippen molar-refractivity contribution in [2.75, 3.05) is 0 Å².